The quantitative estimate of drug-likeness (QED) is 0.502. The van der Waals surface area contributed by atoms with Gasteiger partial charge in [-0.25, -0.2) is 9.18 Å². The number of ketones is 1. The second-order valence-corrected chi connectivity index (χ2v) is 11.1. The molecule has 1 N–H and O–H groups in total. The third kappa shape index (κ3) is 4.64. The molecular weight excluding hydrogens is 477 g/mol. The van der Waals surface area contributed by atoms with Crippen LogP contribution < -0.4 is 10.1 Å². The largest absolute Gasteiger partial charge is 0.487 e. The average molecular weight is 504 g/mol. The number of fused-ring (bicyclic) bond motifs is 1. The third-order valence-electron chi connectivity index (χ3n) is 6.27. The predicted molar refractivity (Wildman–Crippen MR) is 130 cm³/mol. The van der Waals surface area contributed by atoms with E-state index in [1.54, 1.807) is 0 Å². The molecule has 1 aromatic carbocycles. The number of rotatable bonds is 5. The molecule has 34 heavy (non-hydrogen) atoms. The lowest BCUT2D eigenvalue weighted by Crippen LogP contribution is -2.43. The van der Waals surface area contributed by atoms with Gasteiger partial charge in [0, 0.05) is 39.1 Å². The molecule has 1 aliphatic carbocycles. The van der Waals surface area contributed by atoms with E-state index in [4.69, 9.17) is 21.1 Å². The van der Waals surface area contributed by atoms with Crippen LogP contribution in [0.15, 0.2) is 47.3 Å². The van der Waals surface area contributed by atoms with Crippen molar-refractivity contribution in [2.75, 3.05) is 7.11 Å². The fraction of sp³-hybridized carbons (Fsp3) is 0.385. The highest BCUT2D eigenvalue weighted by atomic mass is 35.5. The standard InChI is InChI=1S/C26H27ClFNO4S/c1-13-22(25(31)32-5)24(23-18(29-13)10-26(3,4)11-19(23)30)21-8-15(14(2)34-21)12-33-20-7-6-16(28)9-17(20)27/h6-10,23-24,29H,11-12H2,1-5H3. The Morgan fingerprint density at radius 2 is 2.00 bits per heavy atom. The number of esters is 1. The normalized spacial score (nSPS) is 21.5. The molecule has 0 radical (unpaired) electrons. The number of hydrogen-bond donors (Lipinski definition) is 1. The fourth-order valence-corrected chi connectivity index (χ4v) is 6.15. The van der Waals surface area contributed by atoms with Crippen LogP contribution in [-0.2, 0) is 20.9 Å². The first-order chi connectivity index (χ1) is 16.0. The van der Waals surface area contributed by atoms with Crippen LogP contribution in [0.1, 0.15) is 48.4 Å². The van der Waals surface area contributed by atoms with Crippen LogP contribution in [0.2, 0.25) is 5.02 Å². The lowest BCUT2D eigenvalue weighted by atomic mass is 9.68. The number of nitrogens with one attached hydrogen (secondary N) is 1. The molecule has 8 heteroatoms. The lowest BCUT2D eigenvalue weighted by molar-refractivity contribution is -0.136. The SMILES string of the molecule is COC(=O)C1=C(C)NC2=CC(C)(C)CC(=O)C2C1c1cc(COc2ccc(F)cc2Cl)c(C)s1. The van der Waals surface area contributed by atoms with Crippen molar-refractivity contribution >= 4 is 34.7 Å². The van der Waals surface area contributed by atoms with Crippen molar-refractivity contribution in [3.05, 3.63) is 73.5 Å². The van der Waals surface area contributed by atoms with Crippen LogP contribution in [0.5, 0.6) is 5.75 Å². The van der Waals surface area contributed by atoms with Crippen molar-refractivity contribution in [1.82, 2.24) is 5.32 Å². The molecule has 2 heterocycles. The molecule has 2 aromatic rings. The van der Waals surface area contributed by atoms with Crippen LogP contribution in [0, 0.1) is 24.1 Å². The van der Waals surface area contributed by atoms with Crippen LogP contribution in [-0.4, -0.2) is 18.9 Å². The minimum atomic E-state index is -0.482. The van der Waals surface area contributed by atoms with Crippen molar-refractivity contribution in [3.63, 3.8) is 0 Å². The van der Waals surface area contributed by atoms with E-state index in [0.29, 0.717) is 23.4 Å². The summed E-state index contributed by atoms with van der Waals surface area (Å²) >= 11 is 7.63. The average Bonchev–Trinajstić information content (AvgIpc) is 3.11. The first-order valence-electron chi connectivity index (χ1n) is 11.0. The van der Waals surface area contributed by atoms with Crippen LogP contribution in [0.4, 0.5) is 4.39 Å². The van der Waals surface area contributed by atoms with Gasteiger partial charge in [0.1, 0.15) is 24.0 Å². The van der Waals surface area contributed by atoms with Gasteiger partial charge in [0.15, 0.2) is 0 Å². The van der Waals surface area contributed by atoms with Crippen molar-refractivity contribution in [2.45, 2.75) is 46.6 Å². The Kier molecular flexibility index (Phi) is 6.62. The maximum Gasteiger partial charge on any atom is 0.336 e. The Morgan fingerprint density at radius 1 is 1.26 bits per heavy atom. The first-order valence-corrected chi connectivity index (χ1v) is 12.2. The van der Waals surface area contributed by atoms with E-state index >= 15 is 0 Å². The molecule has 0 fully saturated rings. The van der Waals surface area contributed by atoms with E-state index in [0.717, 1.165) is 21.0 Å². The van der Waals surface area contributed by atoms with Crippen molar-refractivity contribution < 1.29 is 23.5 Å². The smallest absolute Gasteiger partial charge is 0.336 e. The number of halogens is 2. The zero-order valence-electron chi connectivity index (χ0n) is 19.8. The second kappa shape index (κ2) is 9.19. The predicted octanol–water partition coefficient (Wildman–Crippen LogP) is 6.06. The molecule has 0 saturated carbocycles. The van der Waals surface area contributed by atoms with E-state index < -0.39 is 23.6 Å². The van der Waals surface area contributed by atoms with E-state index in [1.165, 1.54) is 36.6 Å². The number of allylic oxidation sites excluding steroid dienone is 3. The van der Waals surface area contributed by atoms with E-state index in [9.17, 15) is 14.0 Å². The monoisotopic (exact) mass is 503 g/mol. The highest BCUT2D eigenvalue weighted by Crippen LogP contribution is 2.49. The molecule has 2 aliphatic rings. The van der Waals surface area contributed by atoms with Gasteiger partial charge in [-0.15, -0.1) is 11.3 Å². The van der Waals surface area contributed by atoms with Gasteiger partial charge in [0.2, 0.25) is 0 Å². The van der Waals surface area contributed by atoms with E-state index in [2.05, 4.69) is 11.4 Å². The molecule has 5 nitrogen and oxygen atoms in total. The molecule has 1 aromatic heterocycles. The highest BCUT2D eigenvalue weighted by molar-refractivity contribution is 7.12. The van der Waals surface area contributed by atoms with Crippen LogP contribution in [0.3, 0.4) is 0 Å². The van der Waals surface area contributed by atoms with Gasteiger partial charge in [0.05, 0.1) is 23.6 Å². The number of methoxy groups -OCH3 is 1. The number of ether oxygens (including phenoxy) is 2. The Balaban J connectivity index is 1.72. The van der Waals surface area contributed by atoms with Gasteiger partial charge in [-0.2, -0.15) is 0 Å². The van der Waals surface area contributed by atoms with Gasteiger partial charge >= 0.3 is 5.97 Å². The van der Waals surface area contributed by atoms with E-state index in [-0.39, 0.29) is 22.8 Å². The summed E-state index contributed by atoms with van der Waals surface area (Å²) in [4.78, 5) is 28.1. The Labute approximate surface area is 207 Å². The summed E-state index contributed by atoms with van der Waals surface area (Å²) in [5, 5.41) is 3.50. The minimum Gasteiger partial charge on any atom is -0.487 e. The molecular formula is C26H27ClFNO4S. The molecule has 2 unspecified atom stereocenters. The molecule has 2 atom stereocenters. The first kappa shape index (κ1) is 24.5. The van der Waals surface area contributed by atoms with Crippen molar-refractivity contribution in [1.29, 1.82) is 0 Å². The zero-order valence-corrected chi connectivity index (χ0v) is 21.3. The van der Waals surface area contributed by atoms with Gasteiger partial charge in [0.25, 0.3) is 0 Å². The maximum absolute atomic E-state index is 13.3. The van der Waals surface area contributed by atoms with Gasteiger partial charge in [-0.05, 0) is 43.5 Å². The summed E-state index contributed by atoms with van der Waals surface area (Å²) in [5.74, 6) is -1.33. The molecule has 1 aliphatic heterocycles. The molecule has 0 saturated heterocycles. The summed E-state index contributed by atoms with van der Waals surface area (Å²) < 4.78 is 24.3. The number of benzene rings is 1. The topological polar surface area (TPSA) is 64.6 Å². The second-order valence-electron chi connectivity index (χ2n) is 9.44. The number of thiophene rings is 1. The number of Topliss-reactive ketones (excluding diaryl/α,β-unsaturated/α-hetero) is 1. The number of carbonyl (C=O) groups excluding carboxylic acids is 2. The van der Waals surface area contributed by atoms with Gasteiger partial charge in [-0.3, -0.25) is 4.79 Å². The summed E-state index contributed by atoms with van der Waals surface area (Å²) in [6, 6.07) is 5.98. The molecule has 0 amide bonds. The van der Waals surface area contributed by atoms with Gasteiger partial charge < -0.3 is 14.8 Å². The maximum atomic E-state index is 13.3. The third-order valence-corrected chi connectivity index (χ3v) is 7.74. The summed E-state index contributed by atoms with van der Waals surface area (Å²) in [5.41, 5.74) is 2.63. The summed E-state index contributed by atoms with van der Waals surface area (Å²) in [6.07, 6.45) is 2.50. The number of carbonyl (C=O) groups is 2. The molecule has 180 valence electrons. The van der Waals surface area contributed by atoms with Gasteiger partial charge in [-0.1, -0.05) is 31.5 Å². The number of hydrogen-bond acceptors (Lipinski definition) is 6. The minimum absolute atomic E-state index is 0.0934. The molecule has 0 spiro atoms. The molecule has 0 bridgehead atoms. The van der Waals surface area contributed by atoms with Crippen LogP contribution in [0.25, 0.3) is 0 Å². The van der Waals surface area contributed by atoms with E-state index in [1.807, 2.05) is 33.8 Å². The highest BCUT2D eigenvalue weighted by Gasteiger charge is 2.46. The summed E-state index contributed by atoms with van der Waals surface area (Å²) in [6.45, 7) is 8.10. The summed E-state index contributed by atoms with van der Waals surface area (Å²) in [7, 11) is 1.35. The van der Waals surface area contributed by atoms with Crippen molar-refractivity contribution in [2.24, 2.45) is 11.3 Å². The van der Waals surface area contributed by atoms with Crippen molar-refractivity contribution in [3.8, 4) is 5.75 Å². The Hall–Kier alpha value is -2.64. The lowest BCUT2D eigenvalue weighted by Gasteiger charge is -2.40. The Bertz CT molecular complexity index is 1230. The Morgan fingerprint density at radius 3 is 2.68 bits per heavy atom. The van der Waals surface area contributed by atoms with Crippen LogP contribution >= 0.6 is 22.9 Å². The number of aryl methyl sites for hydroxylation is 1. The zero-order chi connectivity index (χ0) is 24.8. The molecule has 4 rings (SSSR count). The fourth-order valence-electron chi connectivity index (χ4n) is 4.74.